The average molecular weight is 317 g/mol. The van der Waals surface area contributed by atoms with Crippen molar-refractivity contribution >= 4 is 33.2 Å². The predicted molar refractivity (Wildman–Crippen MR) is 98.2 cm³/mol. The van der Waals surface area contributed by atoms with Gasteiger partial charge in [-0.05, 0) is 49.5 Å². The molecule has 1 amide bonds. The van der Waals surface area contributed by atoms with Gasteiger partial charge in [0.25, 0.3) is 0 Å². The van der Waals surface area contributed by atoms with Crippen molar-refractivity contribution in [3.63, 3.8) is 0 Å². The Labute approximate surface area is 136 Å². The molecule has 1 aliphatic heterocycles. The maximum absolute atomic E-state index is 12.8. The number of aryl methyl sites for hydroxylation is 1. The van der Waals surface area contributed by atoms with Crippen LogP contribution in [0.1, 0.15) is 32.3 Å². The minimum atomic E-state index is -2.27. The Morgan fingerprint density at radius 1 is 1.41 bits per heavy atom. The van der Waals surface area contributed by atoms with E-state index in [0.717, 1.165) is 30.6 Å². The third kappa shape index (κ3) is 3.30. The van der Waals surface area contributed by atoms with E-state index in [0.29, 0.717) is 0 Å². The van der Waals surface area contributed by atoms with Gasteiger partial charge in [-0.3, -0.25) is 4.79 Å². The highest BCUT2D eigenvalue weighted by Crippen LogP contribution is 2.44. The quantitative estimate of drug-likeness (QED) is 0.863. The fourth-order valence-corrected chi connectivity index (χ4v) is 3.89. The minimum absolute atomic E-state index is 0.0367. The van der Waals surface area contributed by atoms with Crippen LogP contribution in [0.3, 0.4) is 0 Å². The van der Waals surface area contributed by atoms with Gasteiger partial charge < -0.3 is 9.70 Å². The number of nitrogens with zero attached hydrogens (tertiary/aromatic N) is 1. The van der Waals surface area contributed by atoms with E-state index < -0.39 is 8.32 Å². The molecule has 1 aromatic carbocycles. The zero-order valence-corrected chi connectivity index (χ0v) is 15.7. The van der Waals surface area contributed by atoms with Crippen LogP contribution < -0.4 is 10.4 Å². The number of carbonyl (C=O) groups excluding carboxylic acids is 1. The number of hydrogen-bond donors (Lipinski definition) is 1. The molecule has 0 aromatic heterocycles. The van der Waals surface area contributed by atoms with Gasteiger partial charge in [-0.1, -0.05) is 31.4 Å². The Hall–Kier alpha value is -1.07. The van der Waals surface area contributed by atoms with Crippen LogP contribution in [0.2, 0.25) is 18.1 Å². The number of benzene rings is 1. The second-order valence-corrected chi connectivity index (χ2v) is 12.4. The molecule has 0 aliphatic carbocycles. The second kappa shape index (κ2) is 5.85. The van der Waals surface area contributed by atoms with E-state index in [4.69, 9.17) is 0 Å². The van der Waals surface area contributed by atoms with Crippen molar-refractivity contribution in [2.24, 2.45) is 5.92 Å². The van der Waals surface area contributed by atoms with Crippen molar-refractivity contribution in [1.29, 1.82) is 0 Å². The molecular weight excluding hydrogens is 289 g/mol. The number of anilines is 1. The fourth-order valence-electron chi connectivity index (χ4n) is 3.14. The Morgan fingerprint density at radius 2 is 2.05 bits per heavy atom. The second-order valence-electron chi connectivity index (χ2n) is 7.91. The molecule has 120 valence electrons. The average Bonchev–Trinajstić information content (AvgIpc) is 2.69. The molecule has 2 rings (SSSR count). The fraction of sp³-hybridized carbons (Fsp3) is 0.588. The zero-order chi connectivity index (χ0) is 16.7. The summed E-state index contributed by atoms with van der Waals surface area (Å²) in [4.78, 5) is 25.2. The first kappa shape index (κ1) is 17.3. The highest BCUT2D eigenvalue weighted by molar-refractivity contribution is 6.72. The van der Waals surface area contributed by atoms with E-state index in [1.165, 1.54) is 5.46 Å². The largest absolute Gasteiger partial charge is 0.432 e. The van der Waals surface area contributed by atoms with Crippen LogP contribution in [0.5, 0.6) is 0 Å². The number of carbonyl (C=O) groups is 1. The summed E-state index contributed by atoms with van der Waals surface area (Å²) >= 11 is 0. The molecule has 1 atom stereocenters. The Kier molecular flexibility index (Phi) is 4.60. The van der Waals surface area contributed by atoms with Gasteiger partial charge in [0.15, 0.2) is 8.32 Å². The SMILES string of the molecule is Bc1ccc(N2CCC(CC(C)(C)[Si](C)(C)O)C2=O)c(C)c1. The van der Waals surface area contributed by atoms with Gasteiger partial charge in [0.1, 0.15) is 7.85 Å². The van der Waals surface area contributed by atoms with Crippen molar-refractivity contribution < 1.29 is 9.59 Å². The summed E-state index contributed by atoms with van der Waals surface area (Å²) < 4.78 is 0. The molecule has 0 radical (unpaired) electrons. The summed E-state index contributed by atoms with van der Waals surface area (Å²) in [5.74, 6) is 0.257. The van der Waals surface area contributed by atoms with Crippen molar-refractivity contribution in [3.05, 3.63) is 23.8 Å². The maximum atomic E-state index is 12.8. The van der Waals surface area contributed by atoms with Crippen molar-refractivity contribution in [2.45, 2.75) is 51.7 Å². The third-order valence-electron chi connectivity index (χ3n) is 5.37. The lowest BCUT2D eigenvalue weighted by Crippen LogP contribution is -2.41. The van der Waals surface area contributed by atoms with Gasteiger partial charge in [0.05, 0.1) is 0 Å². The lowest BCUT2D eigenvalue weighted by molar-refractivity contribution is -0.120. The van der Waals surface area contributed by atoms with E-state index in [9.17, 15) is 9.59 Å². The first-order chi connectivity index (χ1) is 10.0. The lowest BCUT2D eigenvalue weighted by atomic mass is 9.93. The standard InChI is InChI=1S/C17H28BNO2Si/c1-12-10-14(18)6-7-15(12)19-9-8-13(16(19)20)11-17(2,3)22(4,5)21/h6-7,10,13,21H,8-9,11,18H2,1-5H3. The topological polar surface area (TPSA) is 40.5 Å². The molecule has 0 saturated carbocycles. The molecule has 22 heavy (non-hydrogen) atoms. The summed E-state index contributed by atoms with van der Waals surface area (Å²) in [7, 11) is -0.201. The monoisotopic (exact) mass is 317 g/mol. The lowest BCUT2D eigenvalue weighted by Gasteiger charge is -2.36. The van der Waals surface area contributed by atoms with E-state index in [1.807, 2.05) is 18.0 Å². The Bertz CT molecular complexity index is 581. The first-order valence-electron chi connectivity index (χ1n) is 8.14. The van der Waals surface area contributed by atoms with Crippen LogP contribution in [0.15, 0.2) is 18.2 Å². The van der Waals surface area contributed by atoms with Crippen LogP contribution in [-0.2, 0) is 4.79 Å². The summed E-state index contributed by atoms with van der Waals surface area (Å²) in [5, 5.41) is -0.147. The van der Waals surface area contributed by atoms with Crippen molar-refractivity contribution in [2.75, 3.05) is 11.4 Å². The smallest absolute Gasteiger partial charge is 0.230 e. The first-order valence-corrected chi connectivity index (χ1v) is 11.1. The van der Waals surface area contributed by atoms with E-state index >= 15 is 0 Å². The molecule has 0 bridgehead atoms. The predicted octanol–water partition coefficient (Wildman–Crippen LogP) is 1.97. The molecule has 1 aromatic rings. The molecular formula is C17H28BNO2Si. The molecule has 1 N–H and O–H groups in total. The van der Waals surface area contributed by atoms with Crippen LogP contribution in [0.25, 0.3) is 0 Å². The molecule has 3 nitrogen and oxygen atoms in total. The molecule has 1 unspecified atom stereocenters. The van der Waals surface area contributed by atoms with E-state index in [2.05, 4.69) is 46.8 Å². The number of hydrogen-bond acceptors (Lipinski definition) is 2. The van der Waals surface area contributed by atoms with Crippen LogP contribution in [-0.4, -0.2) is 33.4 Å². The highest BCUT2D eigenvalue weighted by Gasteiger charge is 2.43. The van der Waals surface area contributed by atoms with Gasteiger partial charge >= 0.3 is 0 Å². The zero-order valence-electron chi connectivity index (χ0n) is 14.7. The molecule has 1 heterocycles. The van der Waals surface area contributed by atoms with Gasteiger partial charge in [-0.25, -0.2) is 0 Å². The Morgan fingerprint density at radius 3 is 2.59 bits per heavy atom. The molecule has 1 aliphatic rings. The van der Waals surface area contributed by atoms with Gasteiger partial charge in [0.2, 0.25) is 5.91 Å². The molecule has 1 fully saturated rings. The van der Waals surface area contributed by atoms with Gasteiger partial charge in [0, 0.05) is 18.2 Å². The Balaban J connectivity index is 2.17. The summed E-state index contributed by atoms with van der Waals surface area (Å²) in [6.45, 7) is 11.0. The minimum Gasteiger partial charge on any atom is -0.432 e. The third-order valence-corrected chi connectivity index (χ3v) is 8.89. The van der Waals surface area contributed by atoms with Crippen LogP contribution >= 0.6 is 0 Å². The molecule has 0 spiro atoms. The summed E-state index contributed by atoms with van der Waals surface area (Å²) in [5.41, 5.74) is 3.42. The normalized spacial score (nSPS) is 19.8. The molecule has 1 saturated heterocycles. The van der Waals surface area contributed by atoms with Gasteiger partial charge in [-0.2, -0.15) is 0 Å². The molecule has 5 heteroatoms. The summed E-state index contributed by atoms with van der Waals surface area (Å²) in [6.07, 6.45) is 1.67. The van der Waals surface area contributed by atoms with Crippen LogP contribution in [0.4, 0.5) is 5.69 Å². The van der Waals surface area contributed by atoms with Crippen molar-refractivity contribution in [3.8, 4) is 0 Å². The van der Waals surface area contributed by atoms with E-state index in [1.54, 1.807) is 0 Å². The number of rotatable bonds is 4. The summed E-state index contributed by atoms with van der Waals surface area (Å²) in [6, 6.07) is 6.25. The van der Waals surface area contributed by atoms with E-state index in [-0.39, 0.29) is 16.9 Å². The number of amides is 1. The maximum Gasteiger partial charge on any atom is 0.230 e. The van der Waals surface area contributed by atoms with Gasteiger partial charge in [-0.15, -0.1) is 0 Å². The van der Waals surface area contributed by atoms with Crippen LogP contribution in [0, 0.1) is 12.8 Å². The highest BCUT2D eigenvalue weighted by atomic mass is 28.4. The van der Waals surface area contributed by atoms with Crippen molar-refractivity contribution in [1.82, 2.24) is 0 Å².